The van der Waals surface area contributed by atoms with Gasteiger partial charge in [0.15, 0.2) is 0 Å². The van der Waals surface area contributed by atoms with Crippen molar-refractivity contribution >= 4 is 5.91 Å². The van der Waals surface area contributed by atoms with Gasteiger partial charge in [-0.2, -0.15) is 0 Å². The van der Waals surface area contributed by atoms with Gasteiger partial charge >= 0.3 is 0 Å². The molecule has 4 nitrogen and oxygen atoms in total. The molecule has 1 amide bonds. The number of nitrogens with one attached hydrogen (secondary N) is 1. The molecule has 0 atom stereocenters. The van der Waals surface area contributed by atoms with E-state index in [1.165, 1.54) is 0 Å². The third-order valence-corrected chi connectivity index (χ3v) is 2.90. The first kappa shape index (κ1) is 15.5. The van der Waals surface area contributed by atoms with Gasteiger partial charge in [-0.15, -0.1) is 0 Å². The van der Waals surface area contributed by atoms with E-state index in [0.29, 0.717) is 19.0 Å². The number of carbonyl (C=O) groups excluding carboxylic acids is 1. The number of benzene rings is 1. The quantitative estimate of drug-likeness (QED) is 0.819. The van der Waals surface area contributed by atoms with Crippen LogP contribution >= 0.6 is 0 Å². The maximum absolute atomic E-state index is 11.9. The predicted molar refractivity (Wildman–Crippen MR) is 77.2 cm³/mol. The number of hydrogen-bond donors (Lipinski definition) is 1. The Morgan fingerprint density at radius 2 is 1.95 bits per heavy atom. The first-order valence-corrected chi connectivity index (χ1v) is 6.63. The van der Waals surface area contributed by atoms with Crippen molar-refractivity contribution in [3.8, 4) is 5.75 Å². The van der Waals surface area contributed by atoms with Gasteiger partial charge in [0.2, 0.25) is 5.91 Å². The number of nitrogens with zero attached hydrogens (tertiary/aromatic N) is 1. The number of rotatable bonds is 7. The highest BCUT2D eigenvalue weighted by molar-refractivity contribution is 5.76. The third kappa shape index (κ3) is 5.75. The normalized spacial score (nSPS) is 10.6. The summed E-state index contributed by atoms with van der Waals surface area (Å²) in [6.07, 6.45) is 0.533. The molecule has 0 saturated carbocycles. The molecule has 0 spiro atoms. The minimum atomic E-state index is 0.156. The van der Waals surface area contributed by atoms with Crippen LogP contribution in [0.5, 0.6) is 5.75 Å². The molecule has 0 aromatic heterocycles. The number of amides is 1. The Morgan fingerprint density at radius 3 is 2.47 bits per heavy atom. The molecule has 1 aromatic rings. The van der Waals surface area contributed by atoms with E-state index in [1.54, 1.807) is 12.0 Å². The number of ether oxygens (including phenoxy) is 1. The van der Waals surface area contributed by atoms with Crippen molar-refractivity contribution in [1.82, 2.24) is 10.2 Å². The molecule has 0 radical (unpaired) electrons. The van der Waals surface area contributed by atoms with Crippen LogP contribution in [0.4, 0.5) is 0 Å². The third-order valence-electron chi connectivity index (χ3n) is 2.90. The number of methoxy groups -OCH3 is 1. The van der Waals surface area contributed by atoms with Crippen LogP contribution in [-0.4, -0.2) is 37.6 Å². The summed E-state index contributed by atoms with van der Waals surface area (Å²) in [5.74, 6) is 0.989. The second-order valence-corrected chi connectivity index (χ2v) is 4.96. The highest BCUT2D eigenvalue weighted by Gasteiger charge is 2.09. The van der Waals surface area contributed by atoms with E-state index in [0.717, 1.165) is 17.9 Å². The molecule has 0 aliphatic heterocycles. The van der Waals surface area contributed by atoms with Gasteiger partial charge in [-0.25, -0.2) is 0 Å². The minimum absolute atomic E-state index is 0.156. The number of hydrogen-bond acceptors (Lipinski definition) is 3. The van der Waals surface area contributed by atoms with Crippen LogP contribution in [0.2, 0.25) is 0 Å². The van der Waals surface area contributed by atoms with E-state index in [4.69, 9.17) is 4.74 Å². The Bertz CT molecular complexity index is 388. The standard InChI is InChI=1S/C15H24N2O2/c1-12(2)16-10-9-15(18)17(3)11-13-5-7-14(19-4)8-6-13/h5-8,12,16H,9-11H2,1-4H3. The SMILES string of the molecule is COc1ccc(CN(C)C(=O)CCNC(C)C)cc1. The smallest absolute Gasteiger partial charge is 0.223 e. The maximum atomic E-state index is 11.9. The van der Waals surface area contributed by atoms with Gasteiger partial charge < -0.3 is 15.0 Å². The van der Waals surface area contributed by atoms with Crippen molar-refractivity contribution in [2.45, 2.75) is 32.9 Å². The lowest BCUT2D eigenvalue weighted by Gasteiger charge is -2.18. The van der Waals surface area contributed by atoms with Crippen molar-refractivity contribution < 1.29 is 9.53 Å². The highest BCUT2D eigenvalue weighted by atomic mass is 16.5. The fourth-order valence-electron chi connectivity index (χ4n) is 1.75. The zero-order valence-corrected chi connectivity index (χ0v) is 12.3. The van der Waals surface area contributed by atoms with Gasteiger partial charge in [-0.1, -0.05) is 26.0 Å². The van der Waals surface area contributed by atoms with E-state index >= 15 is 0 Å². The van der Waals surface area contributed by atoms with Crippen molar-refractivity contribution in [2.75, 3.05) is 20.7 Å². The molecular formula is C15H24N2O2. The summed E-state index contributed by atoms with van der Waals surface area (Å²) in [7, 11) is 3.48. The summed E-state index contributed by atoms with van der Waals surface area (Å²) in [5.41, 5.74) is 1.11. The lowest BCUT2D eigenvalue weighted by atomic mass is 10.2. The summed E-state index contributed by atoms with van der Waals surface area (Å²) in [4.78, 5) is 13.7. The van der Waals surface area contributed by atoms with Crippen LogP contribution in [0.3, 0.4) is 0 Å². The molecule has 1 aromatic carbocycles. The van der Waals surface area contributed by atoms with Crippen LogP contribution in [0, 0.1) is 0 Å². The second kappa shape index (κ2) is 7.79. The molecule has 4 heteroatoms. The molecule has 1 N–H and O–H groups in total. The molecule has 0 saturated heterocycles. The van der Waals surface area contributed by atoms with Crippen molar-refractivity contribution in [2.24, 2.45) is 0 Å². The molecule has 19 heavy (non-hydrogen) atoms. The van der Waals surface area contributed by atoms with Crippen molar-refractivity contribution in [3.63, 3.8) is 0 Å². The van der Waals surface area contributed by atoms with E-state index in [-0.39, 0.29) is 5.91 Å². The molecule has 0 heterocycles. The molecule has 0 aliphatic rings. The summed E-state index contributed by atoms with van der Waals surface area (Å²) in [6.45, 7) is 5.51. The molecule has 0 unspecified atom stereocenters. The molecule has 106 valence electrons. The first-order valence-electron chi connectivity index (χ1n) is 6.63. The zero-order chi connectivity index (χ0) is 14.3. The summed E-state index contributed by atoms with van der Waals surface area (Å²) in [6, 6.07) is 8.20. The van der Waals surface area contributed by atoms with Gasteiger partial charge in [0.05, 0.1) is 7.11 Å². The average Bonchev–Trinajstić information content (AvgIpc) is 2.39. The molecule has 0 fully saturated rings. The lowest BCUT2D eigenvalue weighted by molar-refractivity contribution is -0.130. The maximum Gasteiger partial charge on any atom is 0.223 e. The molecule has 1 rings (SSSR count). The van der Waals surface area contributed by atoms with E-state index < -0.39 is 0 Å². The average molecular weight is 264 g/mol. The topological polar surface area (TPSA) is 41.6 Å². The Hall–Kier alpha value is -1.55. The predicted octanol–water partition coefficient (Wildman–Crippen LogP) is 2.04. The minimum Gasteiger partial charge on any atom is -0.497 e. The van der Waals surface area contributed by atoms with Crippen LogP contribution in [0.15, 0.2) is 24.3 Å². The van der Waals surface area contributed by atoms with E-state index in [9.17, 15) is 4.79 Å². The van der Waals surface area contributed by atoms with Crippen LogP contribution in [-0.2, 0) is 11.3 Å². The summed E-state index contributed by atoms with van der Waals surface area (Å²) in [5, 5.41) is 3.25. The van der Waals surface area contributed by atoms with Gasteiger partial charge in [-0.05, 0) is 17.7 Å². The van der Waals surface area contributed by atoms with Gasteiger partial charge in [0.25, 0.3) is 0 Å². The molecule has 0 aliphatic carbocycles. The van der Waals surface area contributed by atoms with Crippen LogP contribution < -0.4 is 10.1 Å². The van der Waals surface area contributed by atoms with E-state index in [1.807, 2.05) is 31.3 Å². The Morgan fingerprint density at radius 1 is 1.32 bits per heavy atom. The van der Waals surface area contributed by atoms with Crippen LogP contribution in [0.1, 0.15) is 25.8 Å². The van der Waals surface area contributed by atoms with Crippen molar-refractivity contribution in [3.05, 3.63) is 29.8 Å². The number of carbonyl (C=O) groups is 1. The largest absolute Gasteiger partial charge is 0.497 e. The Balaban J connectivity index is 2.40. The fourth-order valence-corrected chi connectivity index (χ4v) is 1.75. The van der Waals surface area contributed by atoms with Gasteiger partial charge in [0, 0.05) is 32.6 Å². The lowest BCUT2D eigenvalue weighted by Crippen LogP contribution is -2.31. The van der Waals surface area contributed by atoms with Gasteiger partial charge in [0.1, 0.15) is 5.75 Å². The summed E-state index contributed by atoms with van der Waals surface area (Å²) >= 11 is 0. The van der Waals surface area contributed by atoms with Crippen molar-refractivity contribution in [1.29, 1.82) is 0 Å². The Kier molecular flexibility index (Phi) is 6.36. The first-order chi connectivity index (χ1) is 9.02. The fraction of sp³-hybridized carbons (Fsp3) is 0.533. The van der Waals surface area contributed by atoms with Crippen LogP contribution in [0.25, 0.3) is 0 Å². The summed E-state index contributed by atoms with van der Waals surface area (Å²) < 4.78 is 5.11. The Labute approximate surface area is 115 Å². The second-order valence-electron chi connectivity index (χ2n) is 4.96. The molecular weight excluding hydrogens is 240 g/mol. The highest BCUT2D eigenvalue weighted by Crippen LogP contribution is 2.12. The zero-order valence-electron chi connectivity index (χ0n) is 12.3. The monoisotopic (exact) mass is 264 g/mol. The van der Waals surface area contributed by atoms with E-state index in [2.05, 4.69) is 19.2 Å². The van der Waals surface area contributed by atoms with Gasteiger partial charge in [-0.3, -0.25) is 4.79 Å². The molecule has 0 bridgehead atoms.